The van der Waals surface area contributed by atoms with Crippen LogP contribution in [0.4, 0.5) is 0 Å². The summed E-state index contributed by atoms with van der Waals surface area (Å²) in [5.41, 5.74) is 1.06. The van der Waals surface area contributed by atoms with Gasteiger partial charge in [0.2, 0.25) is 0 Å². The molecule has 1 fully saturated rings. The van der Waals surface area contributed by atoms with Crippen LogP contribution in [-0.2, 0) is 4.74 Å². The molecule has 1 heterocycles. The van der Waals surface area contributed by atoms with Crippen molar-refractivity contribution >= 4 is 27.5 Å². The van der Waals surface area contributed by atoms with Gasteiger partial charge in [0, 0.05) is 27.6 Å². The minimum atomic E-state index is 0.0607. The van der Waals surface area contributed by atoms with Gasteiger partial charge >= 0.3 is 0 Å². The van der Waals surface area contributed by atoms with Gasteiger partial charge in [-0.05, 0) is 18.1 Å². The summed E-state index contributed by atoms with van der Waals surface area (Å²) < 4.78 is 6.89. The Hall–Kier alpha value is -0.0900. The maximum Gasteiger partial charge on any atom is 0.0964 e. The fourth-order valence-electron chi connectivity index (χ4n) is 1.99. The van der Waals surface area contributed by atoms with Crippen molar-refractivity contribution in [1.82, 2.24) is 5.32 Å². The van der Waals surface area contributed by atoms with Crippen LogP contribution in [0.25, 0.3) is 0 Å². The summed E-state index contributed by atoms with van der Waals surface area (Å²) in [4.78, 5) is 0. The Labute approximate surface area is 116 Å². The third-order valence-electron chi connectivity index (χ3n) is 3.16. The average Bonchev–Trinajstić information content (AvgIpc) is 2.29. The zero-order valence-corrected chi connectivity index (χ0v) is 12.4. The molecule has 1 saturated heterocycles. The van der Waals surface area contributed by atoms with Gasteiger partial charge in [0.25, 0.3) is 0 Å². The molecule has 2 rings (SSSR count). The van der Waals surface area contributed by atoms with E-state index in [-0.39, 0.29) is 6.10 Å². The van der Waals surface area contributed by atoms with Gasteiger partial charge in [-0.15, -0.1) is 0 Å². The molecule has 0 saturated carbocycles. The highest BCUT2D eigenvalue weighted by Crippen LogP contribution is 2.30. The Kier molecular flexibility index (Phi) is 4.47. The lowest BCUT2D eigenvalue weighted by atomic mass is 10.0. The Bertz CT molecular complexity index is 389. The second kappa shape index (κ2) is 5.70. The number of ether oxygens (including phenoxy) is 1. The van der Waals surface area contributed by atoms with E-state index in [1.807, 2.05) is 18.2 Å². The molecule has 2 unspecified atom stereocenters. The van der Waals surface area contributed by atoms with Crippen molar-refractivity contribution in [2.75, 3.05) is 13.2 Å². The lowest BCUT2D eigenvalue weighted by molar-refractivity contribution is -0.00706. The molecule has 1 N–H and O–H groups in total. The van der Waals surface area contributed by atoms with Crippen molar-refractivity contribution in [2.24, 2.45) is 5.92 Å². The summed E-state index contributed by atoms with van der Waals surface area (Å²) in [6, 6.07) is 6.38. The monoisotopic (exact) mass is 317 g/mol. The molecule has 0 aromatic heterocycles. The summed E-state index contributed by atoms with van der Waals surface area (Å²) in [5.74, 6) is 0.594. The topological polar surface area (TPSA) is 21.3 Å². The summed E-state index contributed by atoms with van der Waals surface area (Å²) in [5, 5.41) is 4.27. The third kappa shape index (κ3) is 3.22. The number of nitrogens with one attached hydrogen (secondary N) is 1. The SMILES string of the molecule is CC(C)C1COC(c2ccc(Br)cc2Cl)CN1. The van der Waals surface area contributed by atoms with Crippen molar-refractivity contribution in [1.29, 1.82) is 0 Å². The summed E-state index contributed by atoms with van der Waals surface area (Å²) in [6.45, 7) is 5.97. The molecule has 1 aromatic rings. The third-order valence-corrected chi connectivity index (χ3v) is 3.98. The molecule has 4 heteroatoms. The van der Waals surface area contributed by atoms with E-state index < -0.39 is 0 Å². The maximum absolute atomic E-state index is 6.22. The Balaban J connectivity index is 2.05. The van der Waals surface area contributed by atoms with E-state index in [4.69, 9.17) is 16.3 Å². The summed E-state index contributed by atoms with van der Waals surface area (Å²) in [7, 11) is 0. The largest absolute Gasteiger partial charge is 0.371 e. The highest BCUT2D eigenvalue weighted by molar-refractivity contribution is 9.10. The number of hydrogen-bond acceptors (Lipinski definition) is 2. The van der Waals surface area contributed by atoms with Crippen molar-refractivity contribution in [2.45, 2.75) is 26.0 Å². The first kappa shape index (κ1) is 13.3. The van der Waals surface area contributed by atoms with Gasteiger partial charge in [0.1, 0.15) is 0 Å². The van der Waals surface area contributed by atoms with Crippen LogP contribution in [0, 0.1) is 5.92 Å². The Morgan fingerprint density at radius 2 is 2.24 bits per heavy atom. The highest BCUT2D eigenvalue weighted by Gasteiger charge is 2.25. The van der Waals surface area contributed by atoms with Gasteiger partial charge in [0.05, 0.1) is 12.7 Å². The van der Waals surface area contributed by atoms with Crippen molar-refractivity contribution < 1.29 is 4.74 Å². The van der Waals surface area contributed by atoms with Crippen LogP contribution in [0.5, 0.6) is 0 Å². The predicted octanol–water partition coefficient (Wildman–Crippen LogP) is 3.79. The van der Waals surface area contributed by atoms with E-state index in [0.29, 0.717) is 12.0 Å². The first-order valence-corrected chi connectivity index (χ1v) is 7.05. The van der Waals surface area contributed by atoms with Crippen molar-refractivity contribution in [3.05, 3.63) is 33.3 Å². The van der Waals surface area contributed by atoms with Crippen LogP contribution in [-0.4, -0.2) is 19.2 Å². The van der Waals surface area contributed by atoms with Crippen LogP contribution in [0.15, 0.2) is 22.7 Å². The van der Waals surface area contributed by atoms with Gasteiger partial charge in [0.15, 0.2) is 0 Å². The Morgan fingerprint density at radius 3 is 2.76 bits per heavy atom. The first-order valence-electron chi connectivity index (χ1n) is 5.88. The van der Waals surface area contributed by atoms with E-state index in [0.717, 1.165) is 28.2 Å². The molecular formula is C13H17BrClNO. The summed E-state index contributed by atoms with van der Waals surface area (Å²) in [6.07, 6.45) is 0.0607. The van der Waals surface area contributed by atoms with Gasteiger partial charge in [-0.25, -0.2) is 0 Å². The second-order valence-corrected chi connectivity index (χ2v) is 6.07. The molecule has 0 spiro atoms. The van der Waals surface area contributed by atoms with E-state index in [1.165, 1.54) is 0 Å². The average molecular weight is 319 g/mol. The van der Waals surface area contributed by atoms with Gasteiger partial charge in [-0.1, -0.05) is 47.4 Å². The summed E-state index contributed by atoms with van der Waals surface area (Å²) >= 11 is 9.63. The van der Waals surface area contributed by atoms with Gasteiger partial charge < -0.3 is 10.1 Å². The molecule has 1 aromatic carbocycles. The van der Waals surface area contributed by atoms with E-state index >= 15 is 0 Å². The molecule has 1 aliphatic heterocycles. The molecule has 2 atom stereocenters. The standard InChI is InChI=1S/C13H17BrClNO/c1-8(2)12-7-17-13(6-16-12)10-4-3-9(14)5-11(10)15/h3-5,8,12-13,16H,6-7H2,1-2H3. The molecular weight excluding hydrogens is 302 g/mol. The van der Waals surface area contributed by atoms with Gasteiger partial charge in [-0.2, -0.15) is 0 Å². The second-order valence-electron chi connectivity index (χ2n) is 4.75. The van der Waals surface area contributed by atoms with Crippen molar-refractivity contribution in [3.8, 4) is 0 Å². The molecule has 0 bridgehead atoms. The fraction of sp³-hybridized carbons (Fsp3) is 0.538. The molecule has 0 amide bonds. The van der Waals surface area contributed by atoms with Crippen LogP contribution < -0.4 is 5.32 Å². The molecule has 0 radical (unpaired) electrons. The highest BCUT2D eigenvalue weighted by atomic mass is 79.9. The van der Waals surface area contributed by atoms with E-state index in [2.05, 4.69) is 35.1 Å². The molecule has 0 aliphatic carbocycles. The van der Waals surface area contributed by atoms with Gasteiger partial charge in [-0.3, -0.25) is 0 Å². The maximum atomic E-state index is 6.22. The fourth-order valence-corrected chi connectivity index (χ4v) is 2.78. The minimum Gasteiger partial charge on any atom is -0.371 e. The van der Waals surface area contributed by atoms with Crippen LogP contribution in [0.2, 0.25) is 5.02 Å². The van der Waals surface area contributed by atoms with E-state index in [1.54, 1.807) is 0 Å². The van der Waals surface area contributed by atoms with Crippen molar-refractivity contribution in [3.63, 3.8) is 0 Å². The molecule has 94 valence electrons. The van der Waals surface area contributed by atoms with Crippen LogP contribution >= 0.6 is 27.5 Å². The number of hydrogen-bond donors (Lipinski definition) is 1. The zero-order valence-electron chi connectivity index (χ0n) is 10.0. The van der Waals surface area contributed by atoms with Crippen LogP contribution in [0.3, 0.4) is 0 Å². The Morgan fingerprint density at radius 1 is 1.47 bits per heavy atom. The van der Waals surface area contributed by atoms with E-state index in [9.17, 15) is 0 Å². The molecule has 17 heavy (non-hydrogen) atoms. The molecule has 1 aliphatic rings. The zero-order chi connectivity index (χ0) is 12.4. The van der Waals surface area contributed by atoms with Crippen LogP contribution in [0.1, 0.15) is 25.5 Å². The normalized spacial score (nSPS) is 25.2. The molecule has 2 nitrogen and oxygen atoms in total. The lowest BCUT2D eigenvalue weighted by Gasteiger charge is -2.33. The number of halogens is 2. The minimum absolute atomic E-state index is 0.0607. The number of rotatable bonds is 2. The quantitative estimate of drug-likeness (QED) is 0.896. The predicted molar refractivity (Wildman–Crippen MR) is 74.5 cm³/mol. The number of benzene rings is 1. The lowest BCUT2D eigenvalue weighted by Crippen LogP contribution is -2.45. The number of morpholine rings is 1. The first-order chi connectivity index (χ1) is 8.08. The smallest absolute Gasteiger partial charge is 0.0964 e.